The maximum absolute atomic E-state index is 9.33. The summed E-state index contributed by atoms with van der Waals surface area (Å²) < 4.78 is 7.89. The molecule has 0 radical (unpaired) electrons. The molecule has 0 spiro atoms. The van der Waals surface area contributed by atoms with Crippen molar-refractivity contribution in [1.29, 1.82) is 0 Å². The van der Waals surface area contributed by atoms with Crippen LogP contribution in [0.15, 0.2) is 36.9 Å². The van der Waals surface area contributed by atoms with Crippen LogP contribution in [0.1, 0.15) is 36.6 Å². The summed E-state index contributed by atoms with van der Waals surface area (Å²) in [5.74, 6) is 0.882. The van der Waals surface area contributed by atoms with Gasteiger partial charge in [0.25, 0.3) is 0 Å². The Morgan fingerprint density at radius 2 is 2.00 bits per heavy atom. The third-order valence-electron chi connectivity index (χ3n) is 5.59. The van der Waals surface area contributed by atoms with Gasteiger partial charge in [0.05, 0.1) is 19.0 Å². The predicted molar refractivity (Wildman–Crippen MR) is 101 cm³/mol. The lowest BCUT2D eigenvalue weighted by Crippen LogP contribution is -2.24. The van der Waals surface area contributed by atoms with Gasteiger partial charge >= 0.3 is 0 Å². The van der Waals surface area contributed by atoms with E-state index < -0.39 is 0 Å². The first-order chi connectivity index (χ1) is 13.3. The van der Waals surface area contributed by atoms with Gasteiger partial charge in [0.15, 0.2) is 17.0 Å². The molecule has 1 saturated heterocycles. The molecule has 0 saturated carbocycles. The van der Waals surface area contributed by atoms with E-state index in [-0.39, 0.29) is 18.9 Å². The highest BCUT2D eigenvalue weighted by Crippen LogP contribution is 2.32. The number of hydrogen-bond donors (Lipinski definition) is 1. The molecule has 7 heteroatoms. The first kappa shape index (κ1) is 16.6. The van der Waals surface area contributed by atoms with Crippen molar-refractivity contribution >= 4 is 17.0 Å². The van der Waals surface area contributed by atoms with Crippen molar-refractivity contribution in [2.75, 3.05) is 18.1 Å². The summed E-state index contributed by atoms with van der Waals surface area (Å²) in [6, 6.07) is 8.63. The maximum Gasteiger partial charge on any atom is 0.167 e. The van der Waals surface area contributed by atoms with E-state index in [1.165, 1.54) is 11.1 Å². The molecule has 1 fully saturated rings. The molecule has 0 bridgehead atoms. The highest BCUT2D eigenvalue weighted by Gasteiger charge is 2.28. The van der Waals surface area contributed by atoms with E-state index in [0.29, 0.717) is 0 Å². The Labute approximate surface area is 157 Å². The standard InChI is InChI=1S/C20H23N5O2/c26-11-16-7-8-17(27-16)25-13-23-18-19(21-12-22-20(18)25)24-9-3-6-14-4-1-2-5-15(14)10-24/h1-2,4-5,12-13,16-17,26H,3,6-11H2. The molecule has 1 aromatic carbocycles. The van der Waals surface area contributed by atoms with Gasteiger partial charge in [-0.2, -0.15) is 0 Å². The molecular formula is C20H23N5O2. The van der Waals surface area contributed by atoms with Crippen LogP contribution in [-0.4, -0.2) is 43.9 Å². The molecule has 0 amide bonds. The third kappa shape index (κ3) is 2.96. The van der Waals surface area contributed by atoms with Gasteiger partial charge in [-0.1, -0.05) is 24.3 Å². The van der Waals surface area contributed by atoms with E-state index in [9.17, 15) is 5.11 Å². The van der Waals surface area contributed by atoms with Gasteiger partial charge in [-0.15, -0.1) is 0 Å². The lowest BCUT2D eigenvalue weighted by molar-refractivity contribution is -0.0207. The molecule has 2 aromatic heterocycles. The largest absolute Gasteiger partial charge is 0.394 e. The van der Waals surface area contributed by atoms with E-state index in [0.717, 1.165) is 55.8 Å². The van der Waals surface area contributed by atoms with Crippen LogP contribution in [0.25, 0.3) is 11.2 Å². The van der Waals surface area contributed by atoms with Crippen molar-refractivity contribution in [2.24, 2.45) is 0 Å². The van der Waals surface area contributed by atoms with Crippen LogP contribution in [0.5, 0.6) is 0 Å². The van der Waals surface area contributed by atoms with Gasteiger partial charge in [0, 0.05) is 13.1 Å². The highest BCUT2D eigenvalue weighted by molar-refractivity contribution is 5.83. The minimum absolute atomic E-state index is 0.0521. The number of aryl methyl sites for hydroxylation is 1. The van der Waals surface area contributed by atoms with Crippen molar-refractivity contribution in [3.8, 4) is 0 Å². The number of ether oxygens (including phenoxy) is 1. The number of imidazole rings is 1. The van der Waals surface area contributed by atoms with Gasteiger partial charge in [0.2, 0.25) is 0 Å². The lowest BCUT2D eigenvalue weighted by atomic mass is 10.0. The Morgan fingerprint density at radius 3 is 2.85 bits per heavy atom. The number of fused-ring (bicyclic) bond motifs is 2. The number of anilines is 1. The summed E-state index contributed by atoms with van der Waals surface area (Å²) in [5.41, 5.74) is 4.38. The molecule has 4 heterocycles. The van der Waals surface area contributed by atoms with E-state index in [1.807, 2.05) is 4.57 Å². The third-order valence-corrected chi connectivity index (χ3v) is 5.59. The summed E-state index contributed by atoms with van der Waals surface area (Å²) in [6.45, 7) is 1.83. The van der Waals surface area contributed by atoms with Crippen LogP contribution in [-0.2, 0) is 17.7 Å². The van der Waals surface area contributed by atoms with Crippen molar-refractivity contribution in [2.45, 2.75) is 44.6 Å². The molecule has 2 atom stereocenters. The summed E-state index contributed by atoms with van der Waals surface area (Å²) in [4.78, 5) is 16.0. The molecule has 2 aliphatic rings. The number of benzene rings is 1. The minimum atomic E-state index is -0.125. The zero-order chi connectivity index (χ0) is 18.2. The molecular weight excluding hydrogens is 342 g/mol. The fraction of sp³-hybridized carbons (Fsp3) is 0.450. The molecule has 5 rings (SSSR count). The summed E-state index contributed by atoms with van der Waals surface area (Å²) >= 11 is 0. The van der Waals surface area contributed by atoms with E-state index >= 15 is 0 Å². The maximum atomic E-state index is 9.33. The number of nitrogens with zero attached hydrogens (tertiary/aromatic N) is 5. The fourth-order valence-electron chi connectivity index (χ4n) is 4.19. The average molecular weight is 365 g/mol. The number of aliphatic hydroxyl groups excluding tert-OH is 1. The van der Waals surface area contributed by atoms with Gasteiger partial charge < -0.3 is 14.7 Å². The number of hydrogen-bond acceptors (Lipinski definition) is 6. The highest BCUT2D eigenvalue weighted by atomic mass is 16.5. The van der Waals surface area contributed by atoms with Crippen LogP contribution in [0.4, 0.5) is 5.82 Å². The molecule has 7 nitrogen and oxygen atoms in total. The van der Waals surface area contributed by atoms with Gasteiger partial charge in [0.1, 0.15) is 12.6 Å². The van der Waals surface area contributed by atoms with Gasteiger partial charge in [-0.3, -0.25) is 4.57 Å². The van der Waals surface area contributed by atoms with E-state index in [4.69, 9.17) is 4.74 Å². The summed E-state index contributed by atoms with van der Waals surface area (Å²) in [6.07, 6.45) is 7.07. The average Bonchev–Trinajstić information content (AvgIpc) is 3.29. The van der Waals surface area contributed by atoms with Crippen molar-refractivity contribution < 1.29 is 9.84 Å². The number of rotatable bonds is 3. The zero-order valence-corrected chi connectivity index (χ0v) is 15.2. The summed E-state index contributed by atoms with van der Waals surface area (Å²) in [5, 5.41) is 9.33. The van der Waals surface area contributed by atoms with Crippen molar-refractivity contribution in [1.82, 2.24) is 19.5 Å². The van der Waals surface area contributed by atoms with Crippen LogP contribution in [0.3, 0.4) is 0 Å². The first-order valence-corrected chi connectivity index (χ1v) is 9.59. The van der Waals surface area contributed by atoms with E-state index in [1.54, 1.807) is 12.7 Å². The minimum Gasteiger partial charge on any atom is -0.394 e. The second kappa shape index (κ2) is 6.90. The first-order valence-electron chi connectivity index (χ1n) is 9.59. The van der Waals surface area contributed by atoms with Crippen LogP contribution in [0, 0.1) is 0 Å². The normalized spacial score (nSPS) is 22.8. The van der Waals surface area contributed by atoms with Crippen LogP contribution < -0.4 is 4.90 Å². The number of aromatic nitrogens is 4. The summed E-state index contributed by atoms with van der Waals surface area (Å²) in [7, 11) is 0. The molecule has 2 unspecified atom stereocenters. The second-order valence-electron chi connectivity index (χ2n) is 7.29. The molecule has 0 aliphatic carbocycles. The molecule has 27 heavy (non-hydrogen) atoms. The lowest BCUT2D eigenvalue weighted by Gasteiger charge is -2.22. The Bertz CT molecular complexity index is 956. The monoisotopic (exact) mass is 365 g/mol. The van der Waals surface area contributed by atoms with Gasteiger partial charge in [-0.25, -0.2) is 15.0 Å². The molecule has 140 valence electrons. The van der Waals surface area contributed by atoms with Crippen molar-refractivity contribution in [3.63, 3.8) is 0 Å². The molecule has 2 aliphatic heterocycles. The zero-order valence-electron chi connectivity index (χ0n) is 15.2. The Morgan fingerprint density at radius 1 is 1.11 bits per heavy atom. The Kier molecular flexibility index (Phi) is 4.26. The van der Waals surface area contributed by atoms with Crippen molar-refractivity contribution in [3.05, 3.63) is 48.0 Å². The quantitative estimate of drug-likeness (QED) is 0.768. The van der Waals surface area contributed by atoms with Gasteiger partial charge in [-0.05, 0) is 36.8 Å². The SMILES string of the molecule is OCC1CCC(n2cnc3c(N4CCCc5ccccc5C4)ncnc32)O1. The Hall–Kier alpha value is -2.51. The van der Waals surface area contributed by atoms with Crippen LogP contribution >= 0.6 is 0 Å². The molecule has 1 N–H and O–H groups in total. The Balaban J connectivity index is 1.50. The second-order valence-corrected chi connectivity index (χ2v) is 7.29. The molecule has 3 aromatic rings. The smallest absolute Gasteiger partial charge is 0.167 e. The predicted octanol–water partition coefficient (Wildman–Crippen LogP) is 2.45. The van der Waals surface area contributed by atoms with Crippen LogP contribution in [0.2, 0.25) is 0 Å². The van der Waals surface area contributed by atoms with E-state index in [2.05, 4.69) is 44.1 Å². The fourth-order valence-corrected chi connectivity index (χ4v) is 4.19. The topological polar surface area (TPSA) is 76.3 Å². The number of aliphatic hydroxyl groups is 1.